The maximum Gasteiger partial charge on any atom is 0.269 e. The summed E-state index contributed by atoms with van der Waals surface area (Å²) in [7, 11) is 3.16. The van der Waals surface area contributed by atoms with Crippen LogP contribution in [0.3, 0.4) is 0 Å². The number of fused-ring (bicyclic) bond motifs is 1. The zero-order valence-electron chi connectivity index (χ0n) is 14.7. The first-order valence-corrected chi connectivity index (χ1v) is 8.32. The number of nitro benzene ring substituents is 1. The minimum atomic E-state index is -0.415. The van der Waals surface area contributed by atoms with Gasteiger partial charge in [-0.25, -0.2) is 0 Å². The van der Waals surface area contributed by atoms with Gasteiger partial charge in [0.1, 0.15) is 0 Å². The Bertz CT molecular complexity index is 850. The number of hydrogen-bond donors (Lipinski definition) is 0. The number of rotatable bonds is 6. The first-order chi connectivity index (χ1) is 12.5. The molecule has 7 nitrogen and oxygen atoms in total. The van der Waals surface area contributed by atoms with Crippen LogP contribution in [0.25, 0.3) is 0 Å². The van der Waals surface area contributed by atoms with E-state index in [1.807, 2.05) is 18.2 Å². The van der Waals surface area contributed by atoms with Gasteiger partial charge in [-0.3, -0.25) is 14.9 Å². The summed E-state index contributed by atoms with van der Waals surface area (Å²) in [5.74, 6) is 1.29. The fourth-order valence-electron chi connectivity index (χ4n) is 3.18. The predicted molar refractivity (Wildman–Crippen MR) is 97.0 cm³/mol. The Balaban J connectivity index is 1.68. The highest BCUT2D eigenvalue weighted by Gasteiger charge is 2.26. The lowest BCUT2D eigenvalue weighted by Crippen LogP contribution is -2.29. The fraction of sp³-hybridized carbons (Fsp3) is 0.316. The van der Waals surface area contributed by atoms with Crippen molar-refractivity contribution < 1.29 is 19.2 Å². The van der Waals surface area contributed by atoms with Crippen LogP contribution < -0.4 is 14.4 Å². The third kappa shape index (κ3) is 3.46. The van der Waals surface area contributed by atoms with Gasteiger partial charge in [0, 0.05) is 30.8 Å². The summed E-state index contributed by atoms with van der Waals surface area (Å²) < 4.78 is 10.5. The second-order valence-corrected chi connectivity index (χ2v) is 6.05. The van der Waals surface area contributed by atoms with Gasteiger partial charge in [-0.15, -0.1) is 0 Å². The smallest absolute Gasteiger partial charge is 0.269 e. The molecule has 136 valence electrons. The number of methoxy groups -OCH3 is 2. The standard InChI is InChI=1S/C19H20N2O5/c1-25-17-7-3-13(11-18(17)26-2)4-8-19(22)20-10-9-14-12-15(21(23)24)5-6-16(14)20/h3,5-7,11-12H,4,8-10H2,1-2H3. The second kappa shape index (κ2) is 7.43. The number of anilines is 1. The summed E-state index contributed by atoms with van der Waals surface area (Å²) >= 11 is 0. The molecule has 0 N–H and O–H groups in total. The number of ether oxygens (including phenoxy) is 2. The molecule has 0 aromatic heterocycles. The summed E-state index contributed by atoms with van der Waals surface area (Å²) in [5, 5.41) is 10.9. The van der Waals surface area contributed by atoms with E-state index in [-0.39, 0.29) is 11.6 Å². The first-order valence-electron chi connectivity index (χ1n) is 8.32. The number of aryl methyl sites for hydroxylation is 1. The Morgan fingerprint density at radius 1 is 1.15 bits per heavy atom. The third-order valence-electron chi connectivity index (χ3n) is 4.55. The molecule has 7 heteroatoms. The van der Waals surface area contributed by atoms with E-state index in [0.717, 1.165) is 16.8 Å². The third-order valence-corrected chi connectivity index (χ3v) is 4.55. The molecule has 1 aliphatic rings. The number of nitro groups is 1. The summed E-state index contributed by atoms with van der Waals surface area (Å²) in [6.07, 6.45) is 1.57. The van der Waals surface area contributed by atoms with Gasteiger partial charge >= 0.3 is 0 Å². The lowest BCUT2D eigenvalue weighted by molar-refractivity contribution is -0.384. The molecule has 0 spiro atoms. The van der Waals surface area contributed by atoms with Crippen LogP contribution in [0.5, 0.6) is 11.5 Å². The van der Waals surface area contributed by atoms with E-state index in [1.165, 1.54) is 6.07 Å². The molecule has 1 amide bonds. The SMILES string of the molecule is COc1ccc(CCC(=O)N2CCc3cc([N+](=O)[O-])ccc32)cc1OC. The average molecular weight is 356 g/mol. The molecule has 0 atom stereocenters. The first kappa shape index (κ1) is 17.7. The fourth-order valence-corrected chi connectivity index (χ4v) is 3.18. The van der Waals surface area contributed by atoms with Crippen molar-refractivity contribution in [3.05, 3.63) is 57.6 Å². The minimum absolute atomic E-state index is 0.00684. The van der Waals surface area contributed by atoms with Gasteiger partial charge in [-0.2, -0.15) is 0 Å². The molecular weight excluding hydrogens is 336 g/mol. The van der Waals surface area contributed by atoms with Crippen LogP contribution in [0.2, 0.25) is 0 Å². The summed E-state index contributed by atoms with van der Waals surface area (Å²) in [4.78, 5) is 24.8. The monoisotopic (exact) mass is 356 g/mol. The van der Waals surface area contributed by atoms with Crippen molar-refractivity contribution in [3.63, 3.8) is 0 Å². The van der Waals surface area contributed by atoms with Crippen molar-refractivity contribution in [2.75, 3.05) is 25.7 Å². The van der Waals surface area contributed by atoms with E-state index in [2.05, 4.69) is 0 Å². The highest BCUT2D eigenvalue weighted by atomic mass is 16.6. The van der Waals surface area contributed by atoms with Crippen LogP contribution in [0.4, 0.5) is 11.4 Å². The lowest BCUT2D eigenvalue weighted by Gasteiger charge is -2.17. The van der Waals surface area contributed by atoms with Crippen molar-refractivity contribution >= 4 is 17.3 Å². The molecular formula is C19H20N2O5. The van der Waals surface area contributed by atoms with Crippen molar-refractivity contribution in [3.8, 4) is 11.5 Å². The van der Waals surface area contributed by atoms with Crippen LogP contribution in [0, 0.1) is 10.1 Å². The van der Waals surface area contributed by atoms with Crippen LogP contribution in [-0.4, -0.2) is 31.6 Å². The molecule has 2 aromatic carbocycles. The molecule has 0 aliphatic carbocycles. The number of benzene rings is 2. The number of hydrogen-bond acceptors (Lipinski definition) is 5. The second-order valence-electron chi connectivity index (χ2n) is 6.05. The van der Waals surface area contributed by atoms with E-state index >= 15 is 0 Å². The minimum Gasteiger partial charge on any atom is -0.493 e. The molecule has 2 aromatic rings. The Morgan fingerprint density at radius 3 is 2.62 bits per heavy atom. The normalized spacial score (nSPS) is 12.6. The molecule has 1 heterocycles. The van der Waals surface area contributed by atoms with Crippen LogP contribution in [0.15, 0.2) is 36.4 Å². The zero-order chi connectivity index (χ0) is 18.7. The maximum atomic E-state index is 12.6. The molecule has 3 rings (SSSR count). The molecule has 0 radical (unpaired) electrons. The van der Waals surface area contributed by atoms with Crippen molar-refractivity contribution in [2.24, 2.45) is 0 Å². The Hall–Kier alpha value is -3.09. The van der Waals surface area contributed by atoms with E-state index in [0.29, 0.717) is 37.3 Å². The van der Waals surface area contributed by atoms with E-state index < -0.39 is 4.92 Å². The van der Waals surface area contributed by atoms with Crippen LogP contribution in [0.1, 0.15) is 17.5 Å². The quantitative estimate of drug-likeness (QED) is 0.587. The Kier molecular flexibility index (Phi) is 5.06. The highest BCUT2D eigenvalue weighted by molar-refractivity contribution is 5.95. The topological polar surface area (TPSA) is 81.9 Å². The number of amides is 1. The highest BCUT2D eigenvalue weighted by Crippen LogP contribution is 2.32. The van der Waals surface area contributed by atoms with Crippen LogP contribution >= 0.6 is 0 Å². The molecule has 0 unspecified atom stereocenters. The largest absolute Gasteiger partial charge is 0.493 e. The van der Waals surface area contributed by atoms with Crippen molar-refractivity contribution in [2.45, 2.75) is 19.3 Å². The van der Waals surface area contributed by atoms with E-state index in [1.54, 1.807) is 31.3 Å². The summed E-state index contributed by atoms with van der Waals surface area (Å²) in [6.45, 7) is 0.557. The molecule has 26 heavy (non-hydrogen) atoms. The van der Waals surface area contributed by atoms with Gasteiger partial charge < -0.3 is 14.4 Å². The molecule has 0 fully saturated rings. The predicted octanol–water partition coefficient (Wildman–Crippen LogP) is 3.13. The van der Waals surface area contributed by atoms with Gasteiger partial charge in [0.2, 0.25) is 5.91 Å². The zero-order valence-corrected chi connectivity index (χ0v) is 14.7. The number of nitrogens with zero attached hydrogens (tertiary/aromatic N) is 2. The van der Waals surface area contributed by atoms with Crippen molar-refractivity contribution in [1.82, 2.24) is 0 Å². The average Bonchev–Trinajstić information content (AvgIpc) is 3.09. The lowest BCUT2D eigenvalue weighted by atomic mass is 10.1. The van der Waals surface area contributed by atoms with Gasteiger partial charge in [0.15, 0.2) is 11.5 Å². The van der Waals surface area contributed by atoms with Gasteiger partial charge in [-0.1, -0.05) is 6.07 Å². The van der Waals surface area contributed by atoms with E-state index in [9.17, 15) is 14.9 Å². The Labute approximate surface area is 151 Å². The van der Waals surface area contributed by atoms with Gasteiger partial charge in [-0.05, 0) is 42.2 Å². The van der Waals surface area contributed by atoms with Gasteiger partial charge in [0.25, 0.3) is 5.69 Å². The van der Waals surface area contributed by atoms with Gasteiger partial charge in [0.05, 0.1) is 19.1 Å². The summed E-state index contributed by atoms with van der Waals surface area (Å²) in [6, 6.07) is 10.3. The van der Waals surface area contributed by atoms with Crippen molar-refractivity contribution in [1.29, 1.82) is 0 Å². The molecule has 0 saturated heterocycles. The maximum absolute atomic E-state index is 12.6. The molecule has 0 saturated carbocycles. The van der Waals surface area contributed by atoms with E-state index in [4.69, 9.17) is 9.47 Å². The number of carbonyl (C=O) groups is 1. The summed E-state index contributed by atoms with van der Waals surface area (Å²) in [5.41, 5.74) is 2.66. The molecule has 0 bridgehead atoms. The Morgan fingerprint density at radius 2 is 1.92 bits per heavy atom. The number of carbonyl (C=O) groups excluding carboxylic acids is 1. The molecule has 1 aliphatic heterocycles. The van der Waals surface area contributed by atoms with Crippen LogP contribution in [-0.2, 0) is 17.6 Å². The number of non-ortho nitro benzene ring substituents is 1.